The van der Waals surface area contributed by atoms with Gasteiger partial charge in [0.1, 0.15) is 65.0 Å². The summed E-state index contributed by atoms with van der Waals surface area (Å²) in [4.78, 5) is 114. The quantitative estimate of drug-likeness (QED) is 0.0331. The van der Waals surface area contributed by atoms with E-state index in [-0.39, 0.29) is 112 Å². The smallest absolute Gasteiger partial charge is 0.329 e. The van der Waals surface area contributed by atoms with Crippen molar-refractivity contribution in [3.8, 4) is 17.2 Å². The van der Waals surface area contributed by atoms with E-state index in [1.165, 1.54) is 22.2 Å². The van der Waals surface area contributed by atoms with E-state index in [1.54, 1.807) is 83.9 Å². The summed E-state index contributed by atoms with van der Waals surface area (Å²) in [5.41, 5.74) is 2.45. The Morgan fingerprint density at radius 2 is 0.758 bits per heavy atom. The van der Waals surface area contributed by atoms with E-state index in [0.29, 0.717) is 66.8 Å². The zero-order chi connectivity index (χ0) is 69.5. The standard InChI is InChI=1S/C23H25F2N5O3.2C22H23F2N5O4/c1-2-9-33-16-5-7-26-20(11-16)28-22(32)30-15-6-8-29(13-15)18-4-3-17(27-21(18)30)19(31)10-14-12-23(14,24)25;2*23-22(24)11-13(22)9-18(31)16-1-2-17-20(26-16)29(14-4-6-28(17)12-14)21(32)27-19-10-15(3-5-25-19)33-8-7-30/h3-5,7,11,14-15H,2,6,8-10,12-13H2,1H3,(H,26,28,32);2*1-3,5,10,13-14,30H,4,6-9,11-12H2,(H,25,27,32)/t14?,15-;2*13?,14-/m000/s1. The Hall–Kier alpha value is -9.98. The van der Waals surface area contributed by atoms with Gasteiger partial charge >= 0.3 is 18.1 Å². The Morgan fingerprint density at radius 3 is 1.03 bits per heavy atom. The molecular weight excluding hydrogens is 1300 g/mol. The maximum absolute atomic E-state index is 13.3. The van der Waals surface area contributed by atoms with Crippen LogP contribution in [0.4, 0.5) is 92.7 Å². The van der Waals surface area contributed by atoms with Crippen LogP contribution in [0, 0.1) is 17.8 Å². The largest absolute Gasteiger partial charge is 0.493 e. The number of nitrogens with zero attached hydrogens (tertiary/aromatic N) is 12. The van der Waals surface area contributed by atoms with Gasteiger partial charge in [-0.15, -0.1) is 0 Å². The molecule has 6 aromatic rings. The van der Waals surface area contributed by atoms with Crippen LogP contribution in [0.5, 0.6) is 17.2 Å². The van der Waals surface area contributed by atoms with Gasteiger partial charge in [-0.25, -0.2) is 70.6 Å². The minimum atomic E-state index is -2.77. The first kappa shape index (κ1) is 67.6. The van der Waals surface area contributed by atoms with Crippen molar-refractivity contribution in [2.75, 3.05) is 118 Å². The average molecular weight is 1380 g/mol. The van der Waals surface area contributed by atoms with Crippen molar-refractivity contribution in [3.63, 3.8) is 0 Å². The lowest BCUT2D eigenvalue weighted by Gasteiger charge is -2.35. The Labute approximate surface area is 563 Å². The molecule has 3 aliphatic carbocycles. The molecule has 0 radical (unpaired) electrons. The van der Waals surface area contributed by atoms with E-state index in [4.69, 9.17) is 24.4 Å². The summed E-state index contributed by atoms with van der Waals surface area (Å²) >= 11 is 0. The zero-order valence-corrected chi connectivity index (χ0v) is 53.7. The second kappa shape index (κ2) is 27.7. The maximum Gasteiger partial charge on any atom is 0.329 e. The summed E-state index contributed by atoms with van der Waals surface area (Å²) in [7, 11) is 0. The predicted molar refractivity (Wildman–Crippen MR) is 349 cm³/mol. The molecule has 3 saturated heterocycles. The molecule has 5 N–H and O–H groups in total. The molecular formula is C67H71F6N15O11. The van der Waals surface area contributed by atoms with Gasteiger partial charge in [0.2, 0.25) is 0 Å². The van der Waals surface area contributed by atoms with E-state index in [2.05, 4.69) is 60.6 Å². The second-order valence-corrected chi connectivity index (χ2v) is 25.7. The fraction of sp³-hybridized carbons (Fsp3) is 0.463. The van der Waals surface area contributed by atoms with Gasteiger partial charge in [0, 0.05) is 132 Å². The molecule has 15 rings (SSSR count). The fourth-order valence-corrected chi connectivity index (χ4v) is 13.1. The first-order valence-corrected chi connectivity index (χ1v) is 32.9. The SMILES string of the molecule is CCCOc1ccnc(NC(=O)N2c3nc(C(=O)CC4CC4(F)F)ccc3N3CC[C@H]2C3)c1.O=C(CC1CC1(F)F)c1ccc2c(n1)N(C(=O)Nc1cc(OCCO)ccn1)[C@H]1CCN2C1.O=C(CC1CC1(F)F)c1ccc2c(n1)N(C(=O)Nc1cc(OCCO)ccn1)[C@H]1CCN2C1. The van der Waals surface area contributed by atoms with Gasteiger partial charge in [0.25, 0.3) is 17.8 Å². The summed E-state index contributed by atoms with van der Waals surface area (Å²) in [6.07, 6.45) is 6.02. The molecule has 3 saturated carbocycles. The lowest BCUT2D eigenvalue weighted by atomic mass is 10.1. The van der Waals surface area contributed by atoms with Gasteiger partial charge < -0.3 is 39.1 Å². The number of halogens is 6. The van der Waals surface area contributed by atoms with Crippen LogP contribution in [0.3, 0.4) is 0 Å². The van der Waals surface area contributed by atoms with Crippen LogP contribution < -0.4 is 59.6 Å². The summed E-state index contributed by atoms with van der Waals surface area (Å²) in [5, 5.41) is 26.1. The number of hydrogen-bond donors (Lipinski definition) is 5. The van der Waals surface area contributed by atoms with Crippen molar-refractivity contribution in [3.05, 3.63) is 108 Å². The number of ether oxygens (including phenoxy) is 3. The highest BCUT2D eigenvalue weighted by atomic mass is 19.3. The molecule has 6 aliphatic heterocycles. The first-order chi connectivity index (χ1) is 47.6. The summed E-state index contributed by atoms with van der Waals surface area (Å²) in [5.74, 6) is -9.03. The molecule has 6 fully saturated rings. The number of carbonyl (C=O) groups is 6. The minimum Gasteiger partial charge on any atom is -0.493 e. The molecule has 12 heterocycles. The van der Waals surface area contributed by atoms with E-state index < -0.39 is 71.0 Å². The molecule has 32 heteroatoms. The topological polar surface area (TPSA) is 303 Å². The van der Waals surface area contributed by atoms with Crippen molar-refractivity contribution in [2.45, 2.75) is 107 Å². The first-order valence-electron chi connectivity index (χ1n) is 32.9. The highest BCUT2D eigenvalue weighted by Crippen LogP contribution is 2.53. The van der Waals surface area contributed by atoms with Gasteiger partial charge in [-0.05, 0) is 80.3 Å². The Kier molecular flexibility index (Phi) is 18.9. The second-order valence-electron chi connectivity index (χ2n) is 25.7. The van der Waals surface area contributed by atoms with Crippen molar-refractivity contribution < 1.29 is 79.5 Å². The molecule has 6 amide bonds. The maximum atomic E-state index is 13.3. The van der Waals surface area contributed by atoms with Crippen LogP contribution in [0.15, 0.2) is 91.4 Å². The number of fused-ring (bicyclic) bond motifs is 12. The molecule has 0 aromatic carbocycles. The number of urea groups is 3. The van der Waals surface area contributed by atoms with Crippen LogP contribution in [-0.4, -0.2) is 184 Å². The third-order valence-corrected chi connectivity index (χ3v) is 18.6. The fourth-order valence-electron chi connectivity index (χ4n) is 13.1. The molecule has 6 bridgehead atoms. The van der Waals surface area contributed by atoms with Crippen LogP contribution in [-0.2, 0) is 0 Å². The third kappa shape index (κ3) is 14.9. The number of Topliss-reactive ketones (excluding diaryl/α,β-unsaturated/α-hetero) is 3. The molecule has 6 atom stereocenters. The van der Waals surface area contributed by atoms with E-state index in [1.807, 2.05) is 6.92 Å². The molecule has 9 aliphatic rings. The number of amides is 6. The number of alkyl halides is 6. The molecule has 99 heavy (non-hydrogen) atoms. The highest BCUT2D eigenvalue weighted by molar-refractivity contribution is 6.08. The van der Waals surface area contributed by atoms with Crippen molar-refractivity contribution in [1.82, 2.24) is 29.9 Å². The van der Waals surface area contributed by atoms with Crippen LogP contribution >= 0.6 is 0 Å². The van der Waals surface area contributed by atoms with Gasteiger partial charge in [-0.3, -0.25) is 45.0 Å². The molecule has 522 valence electrons. The van der Waals surface area contributed by atoms with Gasteiger partial charge in [-0.1, -0.05) is 6.92 Å². The van der Waals surface area contributed by atoms with Gasteiger partial charge in [0.15, 0.2) is 34.8 Å². The van der Waals surface area contributed by atoms with Crippen LogP contribution in [0.2, 0.25) is 0 Å². The average Bonchev–Trinajstić information content (AvgIpc) is 1.68. The van der Waals surface area contributed by atoms with Crippen LogP contribution in [0.25, 0.3) is 0 Å². The minimum absolute atomic E-state index is 0.0780. The lowest BCUT2D eigenvalue weighted by molar-refractivity contribution is 0.0830. The van der Waals surface area contributed by atoms with Crippen LogP contribution in [0.1, 0.15) is 103 Å². The molecule has 0 spiro atoms. The number of hydrogen-bond acceptors (Lipinski definition) is 20. The van der Waals surface area contributed by atoms with Gasteiger partial charge in [-0.2, -0.15) is 0 Å². The number of pyridine rings is 6. The normalized spacial score (nSPS) is 22.0. The monoisotopic (exact) mass is 1380 g/mol. The number of ketones is 3. The van der Waals surface area contributed by atoms with E-state index >= 15 is 0 Å². The number of rotatable bonds is 21. The summed E-state index contributed by atoms with van der Waals surface area (Å²) in [6.45, 7) is 6.70. The number of nitrogens with one attached hydrogen (secondary N) is 3. The Morgan fingerprint density at radius 1 is 0.465 bits per heavy atom. The Bertz CT molecular complexity index is 3700. The third-order valence-electron chi connectivity index (χ3n) is 18.6. The zero-order valence-electron chi connectivity index (χ0n) is 53.7. The number of carbonyl (C=O) groups excluding carboxylic acids is 6. The molecule has 26 nitrogen and oxygen atoms in total. The molecule has 6 aromatic heterocycles. The molecule has 3 unspecified atom stereocenters. The predicted octanol–water partition coefficient (Wildman–Crippen LogP) is 9.54. The lowest BCUT2D eigenvalue weighted by Crippen LogP contribution is -2.48. The van der Waals surface area contributed by atoms with E-state index in [0.717, 1.165) is 62.4 Å². The van der Waals surface area contributed by atoms with Crippen molar-refractivity contribution >= 4 is 87.4 Å². The number of anilines is 9. The summed E-state index contributed by atoms with van der Waals surface area (Å²) < 4.78 is 95.9. The van der Waals surface area contributed by atoms with E-state index in [9.17, 15) is 55.1 Å². The van der Waals surface area contributed by atoms with Gasteiger partial charge in [0.05, 0.1) is 55.0 Å². The Balaban J connectivity index is 0.000000133. The highest BCUT2D eigenvalue weighted by Gasteiger charge is 2.59. The number of aliphatic hydroxyl groups excluding tert-OH is 2. The number of aromatic nitrogens is 6. The van der Waals surface area contributed by atoms with Crippen molar-refractivity contribution in [1.29, 1.82) is 0 Å². The number of aliphatic hydroxyl groups is 2. The summed E-state index contributed by atoms with van der Waals surface area (Å²) in [6, 6.07) is 17.8. The van der Waals surface area contributed by atoms with Crippen molar-refractivity contribution in [2.24, 2.45) is 17.8 Å².